The lowest BCUT2D eigenvalue weighted by Crippen LogP contribution is -2.30. The van der Waals surface area contributed by atoms with Gasteiger partial charge in [-0.3, -0.25) is 11.3 Å². The highest BCUT2D eigenvalue weighted by Crippen LogP contribution is 2.30. The number of halogens is 4. The van der Waals surface area contributed by atoms with Gasteiger partial charge in [0.15, 0.2) is 0 Å². The summed E-state index contributed by atoms with van der Waals surface area (Å²) in [4.78, 5) is 0. The lowest BCUT2D eigenvalue weighted by molar-refractivity contribution is 0.506. The van der Waals surface area contributed by atoms with Crippen LogP contribution in [0.1, 0.15) is 17.2 Å². The van der Waals surface area contributed by atoms with Crippen molar-refractivity contribution >= 4 is 31.9 Å². The maximum Gasteiger partial charge on any atom is 0.137 e. The van der Waals surface area contributed by atoms with Crippen LogP contribution >= 0.6 is 31.9 Å². The molecule has 20 heavy (non-hydrogen) atoms. The molecule has 0 radical (unpaired) electrons. The second-order valence-corrected chi connectivity index (χ2v) is 5.92. The van der Waals surface area contributed by atoms with E-state index in [9.17, 15) is 8.78 Å². The molecule has 0 aliphatic heterocycles. The average Bonchev–Trinajstić information content (AvgIpc) is 2.42. The van der Waals surface area contributed by atoms with E-state index in [-0.39, 0.29) is 11.6 Å². The number of hydrogen-bond acceptors (Lipinski definition) is 2. The van der Waals surface area contributed by atoms with Crippen molar-refractivity contribution in [3.63, 3.8) is 0 Å². The summed E-state index contributed by atoms with van der Waals surface area (Å²) < 4.78 is 28.5. The third-order valence-corrected chi connectivity index (χ3v) is 4.58. The maximum atomic E-state index is 14.0. The molecule has 0 aromatic heterocycles. The van der Waals surface area contributed by atoms with Crippen molar-refractivity contribution in [1.29, 1.82) is 0 Å². The van der Waals surface area contributed by atoms with Crippen LogP contribution in [0.5, 0.6) is 0 Å². The summed E-state index contributed by atoms with van der Waals surface area (Å²) in [5.74, 6) is 4.81. The van der Waals surface area contributed by atoms with Crippen molar-refractivity contribution in [3.8, 4) is 0 Å². The first kappa shape index (κ1) is 15.6. The molecule has 6 heteroatoms. The van der Waals surface area contributed by atoms with E-state index in [0.29, 0.717) is 26.5 Å². The third kappa shape index (κ3) is 3.25. The second kappa shape index (κ2) is 6.76. The molecular formula is C14H12Br2F2N2. The largest absolute Gasteiger partial charge is 0.271 e. The third-order valence-electron chi connectivity index (χ3n) is 3.00. The van der Waals surface area contributed by atoms with Gasteiger partial charge in [0, 0.05) is 10.0 Å². The lowest BCUT2D eigenvalue weighted by atomic mass is 9.99. The van der Waals surface area contributed by atoms with Crippen molar-refractivity contribution in [2.45, 2.75) is 12.5 Å². The molecule has 0 saturated heterocycles. The summed E-state index contributed by atoms with van der Waals surface area (Å²) >= 11 is 6.51. The number of nitrogens with one attached hydrogen (secondary N) is 1. The number of benzene rings is 2. The average molecular weight is 406 g/mol. The molecule has 2 nitrogen and oxygen atoms in total. The van der Waals surface area contributed by atoms with Gasteiger partial charge in [-0.25, -0.2) is 8.78 Å². The Hall–Kier alpha value is -0.820. The Morgan fingerprint density at radius 3 is 2.35 bits per heavy atom. The van der Waals surface area contributed by atoms with Crippen LogP contribution in [0, 0.1) is 11.6 Å². The van der Waals surface area contributed by atoms with E-state index in [4.69, 9.17) is 5.84 Å². The summed E-state index contributed by atoms with van der Waals surface area (Å²) in [5, 5.41) is 0. The van der Waals surface area contributed by atoms with E-state index in [1.54, 1.807) is 24.3 Å². The molecule has 2 aromatic carbocycles. The molecule has 0 saturated carbocycles. The van der Waals surface area contributed by atoms with Gasteiger partial charge in [0.1, 0.15) is 11.6 Å². The normalized spacial score (nSPS) is 12.4. The van der Waals surface area contributed by atoms with Crippen molar-refractivity contribution < 1.29 is 8.78 Å². The van der Waals surface area contributed by atoms with Crippen molar-refractivity contribution in [3.05, 3.63) is 68.1 Å². The van der Waals surface area contributed by atoms with Crippen molar-refractivity contribution in [2.75, 3.05) is 0 Å². The molecular weight excluding hydrogens is 394 g/mol. The highest BCUT2D eigenvalue weighted by molar-refractivity contribution is 9.10. The molecule has 0 spiro atoms. The maximum absolute atomic E-state index is 14.0. The molecule has 2 rings (SSSR count). The zero-order valence-corrected chi connectivity index (χ0v) is 13.5. The fourth-order valence-corrected chi connectivity index (χ4v) is 3.06. The molecule has 0 aliphatic carbocycles. The Balaban J connectivity index is 2.37. The monoisotopic (exact) mass is 404 g/mol. The minimum Gasteiger partial charge on any atom is -0.271 e. The van der Waals surface area contributed by atoms with Crippen LogP contribution in [0.15, 0.2) is 45.3 Å². The van der Waals surface area contributed by atoms with E-state index in [1.807, 2.05) is 0 Å². The molecule has 0 aliphatic rings. The fourth-order valence-electron chi connectivity index (χ4n) is 2.01. The van der Waals surface area contributed by atoms with Crippen LogP contribution in [-0.4, -0.2) is 0 Å². The minimum atomic E-state index is -0.469. The van der Waals surface area contributed by atoms with E-state index in [0.717, 1.165) is 0 Å². The van der Waals surface area contributed by atoms with Crippen LogP contribution in [0.3, 0.4) is 0 Å². The first-order chi connectivity index (χ1) is 9.54. The molecule has 0 bridgehead atoms. The van der Waals surface area contributed by atoms with Gasteiger partial charge in [-0.15, -0.1) is 0 Å². The topological polar surface area (TPSA) is 38.0 Å². The first-order valence-corrected chi connectivity index (χ1v) is 7.46. The Morgan fingerprint density at radius 2 is 1.70 bits per heavy atom. The Kier molecular flexibility index (Phi) is 5.26. The van der Waals surface area contributed by atoms with Gasteiger partial charge >= 0.3 is 0 Å². The fraction of sp³-hybridized carbons (Fsp3) is 0.143. The van der Waals surface area contributed by atoms with Crippen LogP contribution in [0.2, 0.25) is 0 Å². The highest BCUT2D eigenvalue weighted by Gasteiger charge is 2.19. The van der Waals surface area contributed by atoms with Gasteiger partial charge in [0.05, 0.1) is 10.5 Å². The summed E-state index contributed by atoms with van der Waals surface area (Å²) in [6.07, 6.45) is 0.356. The molecule has 3 N–H and O–H groups in total. The van der Waals surface area contributed by atoms with Gasteiger partial charge in [0.25, 0.3) is 0 Å². The van der Waals surface area contributed by atoms with Crippen molar-refractivity contribution in [2.24, 2.45) is 5.84 Å². The van der Waals surface area contributed by atoms with Crippen LogP contribution in [-0.2, 0) is 6.42 Å². The van der Waals surface area contributed by atoms with Crippen LogP contribution in [0.4, 0.5) is 8.78 Å². The van der Waals surface area contributed by atoms with E-state index in [2.05, 4.69) is 37.3 Å². The summed E-state index contributed by atoms with van der Waals surface area (Å²) in [5.41, 5.74) is 3.72. The predicted octanol–water partition coefficient (Wildman–Crippen LogP) is 4.24. The molecule has 1 atom stereocenters. The lowest BCUT2D eigenvalue weighted by Gasteiger charge is -2.19. The molecule has 0 fully saturated rings. The predicted molar refractivity (Wildman–Crippen MR) is 82.0 cm³/mol. The second-order valence-electron chi connectivity index (χ2n) is 4.27. The number of rotatable bonds is 4. The SMILES string of the molecule is NNC(Cc1cccc(F)c1Br)c1c(F)cccc1Br. The molecule has 2 aromatic rings. The smallest absolute Gasteiger partial charge is 0.137 e. The molecule has 0 amide bonds. The Morgan fingerprint density at radius 1 is 1.05 bits per heavy atom. The molecule has 1 unspecified atom stereocenters. The number of hydrogen-bond donors (Lipinski definition) is 2. The Bertz CT molecular complexity index is 600. The number of hydrazine groups is 1. The zero-order valence-electron chi connectivity index (χ0n) is 10.3. The van der Waals surface area contributed by atoms with E-state index < -0.39 is 6.04 Å². The quantitative estimate of drug-likeness (QED) is 0.589. The summed E-state index contributed by atoms with van der Waals surface area (Å²) in [6.45, 7) is 0. The van der Waals surface area contributed by atoms with Gasteiger partial charge in [-0.2, -0.15) is 0 Å². The summed E-state index contributed by atoms with van der Waals surface area (Å²) in [6, 6.07) is 8.98. The first-order valence-electron chi connectivity index (χ1n) is 5.87. The van der Waals surface area contributed by atoms with E-state index in [1.165, 1.54) is 12.1 Å². The highest BCUT2D eigenvalue weighted by atomic mass is 79.9. The molecule has 106 valence electrons. The molecule has 0 heterocycles. The van der Waals surface area contributed by atoms with Gasteiger partial charge < -0.3 is 0 Å². The van der Waals surface area contributed by atoms with Gasteiger partial charge in [0.2, 0.25) is 0 Å². The number of nitrogens with two attached hydrogens (primary N) is 1. The van der Waals surface area contributed by atoms with Crippen LogP contribution < -0.4 is 11.3 Å². The van der Waals surface area contributed by atoms with Crippen molar-refractivity contribution in [1.82, 2.24) is 5.43 Å². The minimum absolute atomic E-state index is 0.356. The van der Waals surface area contributed by atoms with Gasteiger partial charge in [-0.1, -0.05) is 34.1 Å². The van der Waals surface area contributed by atoms with Gasteiger partial charge in [-0.05, 0) is 46.1 Å². The standard InChI is InChI=1S/C14H12Br2F2N2/c15-9-4-2-5-10(17)13(9)12(20-19)7-8-3-1-6-11(18)14(8)16/h1-6,12,20H,7,19H2. The Labute approximate surface area is 132 Å². The zero-order chi connectivity index (χ0) is 14.7. The van der Waals surface area contributed by atoms with E-state index >= 15 is 0 Å². The summed E-state index contributed by atoms with van der Waals surface area (Å²) in [7, 11) is 0. The van der Waals surface area contributed by atoms with Crippen LogP contribution in [0.25, 0.3) is 0 Å².